The van der Waals surface area contributed by atoms with Gasteiger partial charge in [-0.1, -0.05) is 23.7 Å². The van der Waals surface area contributed by atoms with E-state index in [1.54, 1.807) is 19.1 Å². The summed E-state index contributed by atoms with van der Waals surface area (Å²) in [5.74, 6) is -0.975. The van der Waals surface area contributed by atoms with E-state index >= 15 is 0 Å². The first-order valence-electron chi connectivity index (χ1n) is 7.69. The molecule has 0 radical (unpaired) electrons. The molecule has 10 heteroatoms. The molecule has 1 aliphatic rings. The van der Waals surface area contributed by atoms with Gasteiger partial charge >= 0.3 is 0 Å². The highest BCUT2D eigenvalue weighted by Gasteiger charge is 2.30. The molecule has 0 saturated heterocycles. The van der Waals surface area contributed by atoms with Gasteiger partial charge in [-0.25, -0.2) is 25.9 Å². The molecule has 1 aliphatic carbocycles. The zero-order valence-corrected chi connectivity index (χ0v) is 16.1. The van der Waals surface area contributed by atoms with E-state index in [2.05, 4.69) is 9.44 Å². The lowest BCUT2D eigenvalue weighted by atomic mass is 10.2. The number of rotatable bonds is 6. The second kappa shape index (κ2) is 6.80. The number of benzene rings is 2. The fourth-order valence-corrected chi connectivity index (χ4v) is 5.29. The van der Waals surface area contributed by atoms with E-state index in [1.165, 1.54) is 12.1 Å². The summed E-state index contributed by atoms with van der Waals surface area (Å²) in [7, 11) is -8.07. The lowest BCUT2D eigenvalue weighted by molar-refractivity contribution is 0.579. The second-order valence-corrected chi connectivity index (χ2v) is 9.85. The van der Waals surface area contributed by atoms with Gasteiger partial charge in [-0.2, -0.15) is 0 Å². The van der Waals surface area contributed by atoms with Crippen molar-refractivity contribution in [1.29, 1.82) is 0 Å². The largest absolute Gasteiger partial charge is 0.277 e. The van der Waals surface area contributed by atoms with Gasteiger partial charge in [0.2, 0.25) is 10.0 Å². The molecule has 0 unspecified atom stereocenters. The van der Waals surface area contributed by atoms with Crippen molar-refractivity contribution in [1.82, 2.24) is 4.72 Å². The van der Waals surface area contributed by atoms with E-state index in [4.69, 9.17) is 11.6 Å². The third-order valence-electron chi connectivity index (χ3n) is 3.75. The minimum absolute atomic E-state index is 0.0626. The number of hydrogen-bond acceptors (Lipinski definition) is 4. The quantitative estimate of drug-likeness (QED) is 0.754. The molecule has 0 atom stereocenters. The Morgan fingerprint density at radius 1 is 1.08 bits per heavy atom. The highest BCUT2D eigenvalue weighted by Crippen LogP contribution is 2.31. The number of halogens is 2. The zero-order valence-electron chi connectivity index (χ0n) is 13.7. The highest BCUT2D eigenvalue weighted by molar-refractivity contribution is 7.92. The Balaban J connectivity index is 1.99. The molecule has 1 saturated carbocycles. The average Bonchev–Trinajstić information content (AvgIpc) is 3.33. The van der Waals surface area contributed by atoms with Gasteiger partial charge in [0.1, 0.15) is 10.7 Å². The molecule has 0 spiro atoms. The number of nitrogens with one attached hydrogen (secondary N) is 2. The lowest BCUT2D eigenvalue weighted by Crippen LogP contribution is -2.26. The molecule has 0 bridgehead atoms. The van der Waals surface area contributed by atoms with E-state index in [9.17, 15) is 21.2 Å². The van der Waals surface area contributed by atoms with Gasteiger partial charge in [0.25, 0.3) is 10.0 Å². The summed E-state index contributed by atoms with van der Waals surface area (Å²) in [5, 5.41) is -0.325. The maximum Gasteiger partial charge on any atom is 0.261 e. The van der Waals surface area contributed by atoms with Crippen molar-refractivity contribution in [3.05, 3.63) is 52.8 Å². The monoisotopic (exact) mass is 418 g/mol. The molecular weight excluding hydrogens is 403 g/mol. The van der Waals surface area contributed by atoms with Crippen LogP contribution < -0.4 is 9.44 Å². The lowest BCUT2D eigenvalue weighted by Gasteiger charge is -2.13. The van der Waals surface area contributed by atoms with Crippen molar-refractivity contribution in [2.24, 2.45) is 0 Å². The zero-order chi connectivity index (χ0) is 19.1. The van der Waals surface area contributed by atoms with Crippen LogP contribution in [0.15, 0.2) is 46.2 Å². The van der Waals surface area contributed by atoms with Crippen LogP contribution in [0.2, 0.25) is 5.02 Å². The van der Waals surface area contributed by atoms with Crippen LogP contribution >= 0.6 is 11.6 Å². The minimum Gasteiger partial charge on any atom is -0.277 e. The summed E-state index contributed by atoms with van der Waals surface area (Å²) in [6, 6.07) is 7.53. The maximum atomic E-state index is 14.2. The predicted molar refractivity (Wildman–Crippen MR) is 96.7 cm³/mol. The number of anilines is 1. The van der Waals surface area contributed by atoms with Crippen LogP contribution in [-0.4, -0.2) is 22.9 Å². The van der Waals surface area contributed by atoms with Gasteiger partial charge in [0.05, 0.1) is 15.6 Å². The molecule has 0 aromatic heterocycles. The Morgan fingerprint density at radius 3 is 2.38 bits per heavy atom. The van der Waals surface area contributed by atoms with Crippen molar-refractivity contribution in [2.75, 3.05) is 4.72 Å². The highest BCUT2D eigenvalue weighted by atomic mass is 35.5. The average molecular weight is 419 g/mol. The smallest absolute Gasteiger partial charge is 0.261 e. The van der Waals surface area contributed by atoms with Crippen molar-refractivity contribution < 1.29 is 21.2 Å². The summed E-state index contributed by atoms with van der Waals surface area (Å²) in [5.41, 5.74) is 0.216. The molecule has 1 fully saturated rings. The molecule has 0 amide bonds. The first-order chi connectivity index (χ1) is 12.1. The second-order valence-electron chi connectivity index (χ2n) is 6.08. The molecule has 2 N–H and O–H groups in total. The molecule has 0 aliphatic heterocycles. The van der Waals surface area contributed by atoms with Gasteiger partial charge in [-0.05, 0) is 49.6 Å². The molecule has 140 valence electrons. The Morgan fingerprint density at radius 2 is 1.77 bits per heavy atom. The fraction of sp³-hybridized carbons (Fsp3) is 0.250. The van der Waals surface area contributed by atoms with Crippen molar-refractivity contribution in [3.63, 3.8) is 0 Å². The molecule has 26 heavy (non-hydrogen) atoms. The Hall–Kier alpha value is -1.68. The summed E-state index contributed by atoms with van der Waals surface area (Å²) in [6.45, 7) is 1.72. The summed E-state index contributed by atoms with van der Waals surface area (Å²) < 4.78 is 68.3. The third kappa shape index (κ3) is 4.17. The van der Waals surface area contributed by atoms with Crippen molar-refractivity contribution >= 4 is 37.3 Å². The van der Waals surface area contributed by atoms with Crippen LogP contribution in [-0.2, 0) is 20.0 Å². The predicted octanol–water partition coefficient (Wildman–Crippen LogP) is 3.03. The van der Waals surface area contributed by atoms with E-state index in [0.717, 1.165) is 12.1 Å². The third-order valence-corrected chi connectivity index (χ3v) is 7.10. The van der Waals surface area contributed by atoms with Crippen molar-refractivity contribution in [3.8, 4) is 0 Å². The number of aryl methyl sites for hydroxylation is 1. The number of sulfonamides is 2. The Labute approximate surface area is 156 Å². The molecule has 2 aromatic carbocycles. The van der Waals surface area contributed by atoms with Gasteiger partial charge < -0.3 is 0 Å². The molecular formula is C16H16ClFN2O4S2. The van der Waals surface area contributed by atoms with Crippen LogP contribution in [0.5, 0.6) is 0 Å². The van der Waals surface area contributed by atoms with Crippen LogP contribution in [0.3, 0.4) is 0 Å². The maximum absolute atomic E-state index is 14.2. The standard InChI is InChI=1S/C16H16ClFN2O4S2/c1-10-3-2-4-12(7-10)25(21,22)20-15-9-16(13(17)8-14(15)18)26(23,24)19-11-5-6-11/h2-4,7-9,11,19-20H,5-6H2,1H3. The molecule has 3 rings (SSSR count). The van der Waals surface area contributed by atoms with Gasteiger partial charge in [0.15, 0.2) is 0 Å². The van der Waals surface area contributed by atoms with Crippen LogP contribution in [0.1, 0.15) is 18.4 Å². The van der Waals surface area contributed by atoms with Crippen LogP contribution in [0.4, 0.5) is 10.1 Å². The van der Waals surface area contributed by atoms with E-state index < -0.39 is 31.6 Å². The van der Waals surface area contributed by atoms with Gasteiger partial charge in [0, 0.05) is 6.04 Å². The van der Waals surface area contributed by atoms with E-state index in [-0.39, 0.29) is 20.9 Å². The Bertz CT molecular complexity index is 1070. The first-order valence-corrected chi connectivity index (χ1v) is 11.0. The first kappa shape index (κ1) is 19.1. The molecule has 0 heterocycles. The van der Waals surface area contributed by atoms with Crippen LogP contribution in [0, 0.1) is 12.7 Å². The topological polar surface area (TPSA) is 92.3 Å². The van der Waals surface area contributed by atoms with E-state index in [0.29, 0.717) is 18.4 Å². The van der Waals surface area contributed by atoms with Gasteiger partial charge in [-0.15, -0.1) is 0 Å². The van der Waals surface area contributed by atoms with E-state index in [1.807, 2.05) is 0 Å². The van der Waals surface area contributed by atoms with Gasteiger partial charge in [-0.3, -0.25) is 4.72 Å². The normalized spacial score (nSPS) is 15.0. The fourth-order valence-electron chi connectivity index (χ4n) is 2.28. The summed E-state index contributed by atoms with van der Waals surface area (Å²) >= 11 is 5.86. The van der Waals surface area contributed by atoms with Crippen molar-refractivity contribution in [2.45, 2.75) is 35.6 Å². The Kier molecular flexibility index (Phi) is 5.00. The molecule has 6 nitrogen and oxygen atoms in total. The number of hydrogen-bond donors (Lipinski definition) is 2. The molecule has 2 aromatic rings. The summed E-state index contributed by atoms with van der Waals surface area (Å²) in [6.07, 6.45) is 1.43. The summed E-state index contributed by atoms with van der Waals surface area (Å²) in [4.78, 5) is -0.443. The SMILES string of the molecule is Cc1cccc(S(=O)(=O)Nc2cc(S(=O)(=O)NC3CC3)c(Cl)cc2F)c1. The minimum atomic E-state index is -4.09. The van der Waals surface area contributed by atoms with Crippen LogP contribution in [0.25, 0.3) is 0 Å².